The zero-order chi connectivity index (χ0) is 21.6. The van der Waals surface area contributed by atoms with Crippen molar-refractivity contribution in [3.8, 4) is 5.88 Å². The molecule has 0 bridgehead atoms. The normalized spacial score (nSPS) is 19.3. The number of ether oxygens (including phenoxy) is 1. The van der Waals surface area contributed by atoms with Crippen molar-refractivity contribution in [2.24, 2.45) is 0 Å². The number of carbonyl (C=O) groups is 1. The molecule has 5 rings (SSSR count). The van der Waals surface area contributed by atoms with Crippen molar-refractivity contribution < 1.29 is 17.9 Å². The average molecular weight is 446 g/mol. The number of anilines is 1. The summed E-state index contributed by atoms with van der Waals surface area (Å²) in [6.07, 6.45) is 7.17. The lowest BCUT2D eigenvalue weighted by Crippen LogP contribution is -2.42. The number of nitrogens with one attached hydrogen (secondary N) is 3. The first-order valence-electron chi connectivity index (χ1n) is 10.9. The third kappa shape index (κ3) is 3.67. The SMILES string of the molecule is CCN[C@H]1COc2c(S(=O)(=O)NC(=O)Nc3c4c(cc5c3CCC5)CCC4)cnn2C1. The minimum atomic E-state index is -4.13. The van der Waals surface area contributed by atoms with Gasteiger partial charge in [-0.1, -0.05) is 13.0 Å². The minimum absolute atomic E-state index is 0.0616. The van der Waals surface area contributed by atoms with Gasteiger partial charge in [0.05, 0.1) is 18.8 Å². The van der Waals surface area contributed by atoms with Crippen LogP contribution < -0.4 is 20.1 Å². The number of nitrogens with zero attached hydrogens (tertiary/aromatic N) is 2. The van der Waals surface area contributed by atoms with Gasteiger partial charge in [-0.25, -0.2) is 22.6 Å². The highest BCUT2D eigenvalue weighted by atomic mass is 32.2. The summed E-state index contributed by atoms with van der Waals surface area (Å²) in [5.41, 5.74) is 5.64. The topological polar surface area (TPSA) is 114 Å². The second-order valence-electron chi connectivity index (χ2n) is 8.36. The monoisotopic (exact) mass is 445 g/mol. The van der Waals surface area contributed by atoms with Gasteiger partial charge in [-0.3, -0.25) is 0 Å². The van der Waals surface area contributed by atoms with Gasteiger partial charge in [0.2, 0.25) is 5.88 Å². The van der Waals surface area contributed by atoms with Crippen LogP contribution in [-0.4, -0.2) is 43.4 Å². The third-order valence-electron chi connectivity index (χ3n) is 6.30. The highest BCUT2D eigenvalue weighted by Gasteiger charge is 2.31. The second kappa shape index (κ2) is 7.83. The smallest absolute Gasteiger partial charge is 0.333 e. The first-order chi connectivity index (χ1) is 15.0. The molecule has 0 fully saturated rings. The Morgan fingerprint density at radius 1 is 1.19 bits per heavy atom. The Balaban J connectivity index is 1.36. The van der Waals surface area contributed by atoms with E-state index < -0.39 is 16.1 Å². The minimum Gasteiger partial charge on any atom is -0.475 e. The number of benzene rings is 1. The highest BCUT2D eigenvalue weighted by Crippen LogP contribution is 2.38. The number of sulfonamides is 1. The van der Waals surface area contributed by atoms with Crippen LogP contribution in [0.15, 0.2) is 17.2 Å². The molecule has 10 heteroatoms. The summed E-state index contributed by atoms with van der Waals surface area (Å²) in [5, 5.41) is 10.3. The van der Waals surface area contributed by atoms with E-state index in [0.717, 1.165) is 61.9 Å². The van der Waals surface area contributed by atoms with Crippen LogP contribution in [0.5, 0.6) is 5.88 Å². The fraction of sp³-hybridized carbons (Fsp3) is 0.524. The Bertz CT molecular complexity index is 1110. The molecule has 2 heterocycles. The summed E-state index contributed by atoms with van der Waals surface area (Å²) in [6.45, 7) is 3.63. The predicted molar refractivity (Wildman–Crippen MR) is 115 cm³/mol. The number of hydrogen-bond donors (Lipinski definition) is 3. The van der Waals surface area contributed by atoms with E-state index in [9.17, 15) is 13.2 Å². The molecule has 3 N–H and O–H groups in total. The molecule has 1 aromatic heterocycles. The Hall–Kier alpha value is -2.59. The van der Waals surface area contributed by atoms with E-state index in [2.05, 4.69) is 26.5 Å². The van der Waals surface area contributed by atoms with Gasteiger partial charge in [0.15, 0.2) is 4.90 Å². The molecule has 0 saturated heterocycles. The molecule has 1 atom stereocenters. The molecule has 0 unspecified atom stereocenters. The molecule has 3 aliphatic rings. The lowest BCUT2D eigenvalue weighted by molar-refractivity contribution is 0.180. The predicted octanol–water partition coefficient (Wildman–Crippen LogP) is 1.74. The molecule has 1 aliphatic heterocycles. The molecule has 9 nitrogen and oxygen atoms in total. The summed E-state index contributed by atoms with van der Waals surface area (Å²) < 4.78 is 35.2. The van der Waals surface area contributed by atoms with Crippen molar-refractivity contribution in [1.29, 1.82) is 0 Å². The molecule has 0 radical (unpaired) electrons. The van der Waals surface area contributed by atoms with Crippen LogP contribution in [0, 0.1) is 0 Å². The fourth-order valence-electron chi connectivity index (χ4n) is 4.95. The van der Waals surface area contributed by atoms with Gasteiger partial charge in [0.25, 0.3) is 10.0 Å². The standard InChI is InChI=1S/C21H27N5O4S/c1-2-22-15-11-26-20(30-12-15)18(10-23-26)31(28,29)25-21(27)24-19-16-7-3-5-13(16)9-14-6-4-8-17(14)19/h9-10,15,22H,2-8,11-12H2,1H3,(H2,24,25,27)/t15-/m1/s1. The number of amides is 2. The molecule has 2 amide bonds. The van der Waals surface area contributed by atoms with Crippen molar-refractivity contribution in [2.75, 3.05) is 18.5 Å². The Labute approximate surface area is 181 Å². The first-order valence-corrected chi connectivity index (χ1v) is 12.4. The molecule has 1 aromatic carbocycles. The Kier molecular flexibility index (Phi) is 5.13. The maximum absolute atomic E-state index is 12.9. The van der Waals surface area contributed by atoms with Crippen molar-refractivity contribution in [3.63, 3.8) is 0 Å². The Morgan fingerprint density at radius 2 is 1.90 bits per heavy atom. The lowest BCUT2D eigenvalue weighted by atomic mass is 9.99. The van der Waals surface area contributed by atoms with E-state index in [0.29, 0.717) is 13.2 Å². The number of carbonyl (C=O) groups excluding carboxylic acids is 1. The summed E-state index contributed by atoms with van der Waals surface area (Å²) in [7, 11) is -4.13. The summed E-state index contributed by atoms with van der Waals surface area (Å²) in [4.78, 5) is 12.6. The maximum atomic E-state index is 12.9. The summed E-state index contributed by atoms with van der Waals surface area (Å²) in [6, 6.07) is 1.57. The van der Waals surface area contributed by atoms with Crippen LogP contribution in [0.2, 0.25) is 0 Å². The zero-order valence-electron chi connectivity index (χ0n) is 17.5. The molecular weight excluding hydrogens is 418 g/mol. The molecular formula is C21H27N5O4S. The van der Waals surface area contributed by atoms with Crippen molar-refractivity contribution in [2.45, 2.75) is 62.9 Å². The number of aryl methyl sites for hydroxylation is 2. The maximum Gasteiger partial charge on any atom is 0.333 e. The van der Waals surface area contributed by atoms with Crippen LogP contribution in [0.3, 0.4) is 0 Å². The zero-order valence-corrected chi connectivity index (χ0v) is 18.3. The molecule has 0 spiro atoms. The van der Waals surface area contributed by atoms with E-state index in [1.807, 2.05) is 6.92 Å². The summed E-state index contributed by atoms with van der Waals surface area (Å²) in [5.74, 6) is 0.163. The van der Waals surface area contributed by atoms with E-state index in [4.69, 9.17) is 4.74 Å². The Morgan fingerprint density at radius 3 is 2.58 bits per heavy atom. The van der Waals surface area contributed by atoms with E-state index >= 15 is 0 Å². The van der Waals surface area contributed by atoms with Crippen molar-refractivity contribution in [1.82, 2.24) is 19.8 Å². The van der Waals surface area contributed by atoms with Gasteiger partial charge in [-0.2, -0.15) is 5.10 Å². The largest absolute Gasteiger partial charge is 0.475 e. The van der Waals surface area contributed by atoms with E-state index in [-0.39, 0.29) is 16.8 Å². The van der Waals surface area contributed by atoms with Crippen LogP contribution in [0.4, 0.5) is 10.5 Å². The summed E-state index contributed by atoms with van der Waals surface area (Å²) >= 11 is 0. The number of aromatic nitrogens is 2. The number of fused-ring (bicyclic) bond motifs is 3. The molecule has 166 valence electrons. The van der Waals surface area contributed by atoms with Gasteiger partial charge < -0.3 is 15.4 Å². The lowest BCUT2D eigenvalue weighted by Gasteiger charge is -2.25. The van der Waals surface area contributed by atoms with E-state index in [1.165, 1.54) is 22.0 Å². The number of hydrogen-bond acceptors (Lipinski definition) is 6. The quantitative estimate of drug-likeness (QED) is 0.646. The average Bonchev–Trinajstić information content (AvgIpc) is 3.46. The third-order valence-corrected chi connectivity index (χ3v) is 7.61. The van der Waals surface area contributed by atoms with Gasteiger partial charge in [0.1, 0.15) is 6.61 Å². The molecule has 2 aromatic rings. The highest BCUT2D eigenvalue weighted by molar-refractivity contribution is 7.90. The van der Waals surface area contributed by atoms with Gasteiger partial charge in [0, 0.05) is 5.69 Å². The molecule has 2 aliphatic carbocycles. The van der Waals surface area contributed by atoms with Crippen molar-refractivity contribution in [3.05, 3.63) is 34.5 Å². The van der Waals surface area contributed by atoms with Gasteiger partial charge in [-0.15, -0.1) is 0 Å². The first kappa shape index (κ1) is 20.3. The number of likely N-dealkylation sites (N-methyl/N-ethyl adjacent to an activating group) is 1. The number of rotatable bonds is 5. The van der Waals surface area contributed by atoms with Gasteiger partial charge >= 0.3 is 6.03 Å². The van der Waals surface area contributed by atoms with Crippen LogP contribution >= 0.6 is 0 Å². The van der Waals surface area contributed by atoms with E-state index in [1.54, 1.807) is 0 Å². The molecule has 31 heavy (non-hydrogen) atoms. The van der Waals surface area contributed by atoms with Crippen molar-refractivity contribution >= 4 is 21.7 Å². The molecule has 0 saturated carbocycles. The van der Waals surface area contributed by atoms with Crippen LogP contribution in [-0.2, 0) is 42.3 Å². The number of urea groups is 1. The van der Waals surface area contributed by atoms with Crippen LogP contribution in [0.1, 0.15) is 42.0 Å². The van der Waals surface area contributed by atoms with Crippen LogP contribution in [0.25, 0.3) is 0 Å². The second-order valence-corrected chi connectivity index (χ2v) is 10.0. The fourth-order valence-corrected chi connectivity index (χ4v) is 5.94. The van der Waals surface area contributed by atoms with Gasteiger partial charge in [-0.05, 0) is 67.3 Å².